The number of amides is 2. The second kappa shape index (κ2) is 7.09. The number of rotatable bonds is 4. The summed E-state index contributed by atoms with van der Waals surface area (Å²) < 4.78 is 0. The van der Waals surface area contributed by atoms with Gasteiger partial charge in [-0.3, -0.25) is 9.59 Å². The zero-order chi connectivity index (χ0) is 18.1. The Balaban J connectivity index is 1.98. The molecule has 2 heterocycles. The number of carbonyl (C=O) groups excluding carboxylic acids is 2. The first-order chi connectivity index (χ1) is 11.1. The highest BCUT2D eigenvalue weighted by molar-refractivity contribution is 5.83. The Bertz CT molecular complexity index is 488. The number of hydrogen-bond acceptors (Lipinski definition) is 4. The van der Waals surface area contributed by atoms with Crippen LogP contribution >= 0.6 is 0 Å². The predicted molar refractivity (Wildman–Crippen MR) is 89.1 cm³/mol. The van der Waals surface area contributed by atoms with Crippen LogP contribution < -0.4 is 5.73 Å². The Kier molecular flexibility index (Phi) is 5.52. The number of carboxylic acids is 1. The van der Waals surface area contributed by atoms with Crippen LogP contribution in [0.25, 0.3) is 0 Å². The number of aliphatic carboxylic acids is 1. The van der Waals surface area contributed by atoms with Gasteiger partial charge in [0.15, 0.2) is 0 Å². The topological polar surface area (TPSA) is 104 Å². The quantitative estimate of drug-likeness (QED) is 0.783. The fourth-order valence-electron chi connectivity index (χ4n) is 4.01. The first-order valence-corrected chi connectivity index (χ1v) is 8.69. The number of likely N-dealkylation sites (tertiary alicyclic amines) is 2. The van der Waals surface area contributed by atoms with Crippen molar-refractivity contribution in [3.63, 3.8) is 0 Å². The Labute approximate surface area is 143 Å². The smallest absolute Gasteiger partial charge is 0.326 e. The van der Waals surface area contributed by atoms with Crippen LogP contribution in [-0.2, 0) is 14.4 Å². The van der Waals surface area contributed by atoms with Crippen LogP contribution in [-0.4, -0.2) is 64.4 Å². The van der Waals surface area contributed by atoms with Crippen LogP contribution in [0, 0.1) is 11.3 Å². The van der Waals surface area contributed by atoms with E-state index in [9.17, 15) is 19.5 Å². The van der Waals surface area contributed by atoms with E-state index in [1.807, 2.05) is 13.8 Å². The number of nitrogens with two attached hydrogens (primary N) is 1. The third-order valence-electron chi connectivity index (χ3n) is 5.38. The maximum atomic E-state index is 12.4. The third-order valence-corrected chi connectivity index (χ3v) is 5.38. The van der Waals surface area contributed by atoms with Gasteiger partial charge in [0, 0.05) is 26.6 Å². The molecule has 0 aromatic rings. The van der Waals surface area contributed by atoms with Crippen molar-refractivity contribution in [1.29, 1.82) is 0 Å². The summed E-state index contributed by atoms with van der Waals surface area (Å²) in [6.45, 7) is 7.14. The highest BCUT2D eigenvalue weighted by Crippen LogP contribution is 2.43. The molecule has 0 aromatic carbocycles. The predicted octanol–water partition coefficient (Wildman–Crippen LogP) is 0.674. The number of piperidine rings is 1. The molecule has 0 bridgehead atoms. The lowest BCUT2D eigenvalue weighted by atomic mass is 9.76. The monoisotopic (exact) mass is 339 g/mol. The minimum Gasteiger partial charge on any atom is -0.480 e. The van der Waals surface area contributed by atoms with Gasteiger partial charge in [0.1, 0.15) is 6.04 Å². The third kappa shape index (κ3) is 3.88. The van der Waals surface area contributed by atoms with Crippen LogP contribution in [0.4, 0.5) is 0 Å². The van der Waals surface area contributed by atoms with Gasteiger partial charge in [0.05, 0.1) is 6.04 Å². The van der Waals surface area contributed by atoms with E-state index in [0.29, 0.717) is 38.4 Å². The largest absolute Gasteiger partial charge is 0.480 e. The summed E-state index contributed by atoms with van der Waals surface area (Å²) in [4.78, 5) is 38.8. The van der Waals surface area contributed by atoms with Crippen molar-refractivity contribution in [3.8, 4) is 0 Å². The maximum Gasteiger partial charge on any atom is 0.326 e. The van der Waals surface area contributed by atoms with Gasteiger partial charge in [-0.15, -0.1) is 0 Å². The van der Waals surface area contributed by atoms with Crippen molar-refractivity contribution in [1.82, 2.24) is 9.80 Å². The summed E-state index contributed by atoms with van der Waals surface area (Å²) in [5.41, 5.74) is 5.81. The summed E-state index contributed by atoms with van der Waals surface area (Å²) >= 11 is 0. The zero-order valence-electron chi connectivity index (χ0n) is 14.8. The van der Waals surface area contributed by atoms with Gasteiger partial charge in [0.25, 0.3) is 0 Å². The van der Waals surface area contributed by atoms with Crippen molar-refractivity contribution in [2.75, 3.05) is 19.6 Å². The minimum atomic E-state index is -0.945. The fraction of sp³-hybridized carbons (Fsp3) is 0.824. The van der Waals surface area contributed by atoms with Gasteiger partial charge in [0.2, 0.25) is 11.8 Å². The number of hydrogen-bond donors (Lipinski definition) is 2. The standard InChI is InChI=1S/C17H29N3O4/c1-11(2)8-13(18)15(22)19-6-4-17(5-7-19)9-14(16(23)24)20(10-17)12(3)21/h11,13-14H,4-10,18H2,1-3H3,(H,23,24)/t13-,14?/m0/s1. The second-order valence-corrected chi connectivity index (χ2v) is 7.77. The average Bonchev–Trinajstić information content (AvgIpc) is 2.87. The number of carboxylic acid groups (broad SMARTS) is 1. The molecule has 0 aromatic heterocycles. The summed E-state index contributed by atoms with van der Waals surface area (Å²) in [5, 5.41) is 9.37. The van der Waals surface area contributed by atoms with Crippen molar-refractivity contribution in [2.45, 2.75) is 58.5 Å². The molecule has 2 rings (SSSR count). The molecule has 2 aliphatic rings. The summed E-state index contributed by atoms with van der Waals surface area (Å²) in [7, 11) is 0. The maximum absolute atomic E-state index is 12.4. The van der Waals surface area contributed by atoms with Gasteiger partial charge in [-0.25, -0.2) is 4.79 Å². The first-order valence-electron chi connectivity index (χ1n) is 8.69. The molecule has 24 heavy (non-hydrogen) atoms. The lowest BCUT2D eigenvalue weighted by Gasteiger charge is -2.40. The fourth-order valence-corrected chi connectivity index (χ4v) is 4.01. The molecule has 136 valence electrons. The van der Waals surface area contributed by atoms with Crippen molar-refractivity contribution in [2.24, 2.45) is 17.1 Å². The molecule has 7 nitrogen and oxygen atoms in total. The van der Waals surface area contributed by atoms with Crippen molar-refractivity contribution in [3.05, 3.63) is 0 Å². The molecule has 2 fully saturated rings. The van der Waals surface area contributed by atoms with E-state index in [1.54, 1.807) is 4.90 Å². The molecule has 3 N–H and O–H groups in total. The number of nitrogens with zero attached hydrogens (tertiary/aromatic N) is 2. The average molecular weight is 339 g/mol. The molecule has 2 saturated heterocycles. The van der Waals surface area contributed by atoms with E-state index >= 15 is 0 Å². The van der Waals surface area contributed by atoms with E-state index in [4.69, 9.17) is 5.73 Å². The minimum absolute atomic E-state index is 0.0187. The highest BCUT2D eigenvalue weighted by atomic mass is 16.4. The molecule has 2 aliphatic heterocycles. The van der Waals surface area contributed by atoms with Crippen LogP contribution in [0.15, 0.2) is 0 Å². The van der Waals surface area contributed by atoms with Crippen molar-refractivity contribution >= 4 is 17.8 Å². The second-order valence-electron chi connectivity index (χ2n) is 7.77. The summed E-state index contributed by atoms with van der Waals surface area (Å²) in [6.07, 6.45) is 2.59. The molecule has 2 atom stereocenters. The zero-order valence-corrected chi connectivity index (χ0v) is 14.8. The van der Waals surface area contributed by atoms with Crippen LogP contribution in [0.1, 0.15) is 46.5 Å². The van der Waals surface area contributed by atoms with Crippen LogP contribution in [0.2, 0.25) is 0 Å². The van der Waals surface area contributed by atoms with Crippen molar-refractivity contribution < 1.29 is 19.5 Å². The van der Waals surface area contributed by atoms with Gasteiger partial charge in [-0.05, 0) is 37.0 Å². The van der Waals surface area contributed by atoms with E-state index in [0.717, 1.165) is 12.8 Å². The molecule has 2 amide bonds. The molecule has 7 heteroatoms. The van der Waals surface area contributed by atoms with Crippen LogP contribution in [0.5, 0.6) is 0 Å². The molecular formula is C17H29N3O4. The Hall–Kier alpha value is -1.63. The lowest BCUT2D eigenvalue weighted by molar-refractivity contribution is -0.147. The van der Waals surface area contributed by atoms with Gasteiger partial charge >= 0.3 is 5.97 Å². The summed E-state index contributed by atoms with van der Waals surface area (Å²) in [6, 6.07) is -1.21. The SMILES string of the molecule is CC(=O)N1CC2(CCN(C(=O)[C@@H](N)CC(C)C)CC2)CC1C(=O)O. The van der Waals surface area contributed by atoms with E-state index < -0.39 is 18.1 Å². The highest BCUT2D eigenvalue weighted by Gasteiger charge is 2.49. The normalized spacial score (nSPS) is 24.5. The number of carbonyl (C=O) groups is 3. The van der Waals surface area contributed by atoms with E-state index in [-0.39, 0.29) is 17.2 Å². The molecule has 0 saturated carbocycles. The van der Waals surface area contributed by atoms with Gasteiger partial charge < -0.3 is 20.6 Å². The van der Waals surface area contributed by atoms with Crippen LogP contribution in [0.3, 0.4) is 0 Å². The van der Waals surface area contributed by atoms with E-state index in [1.165, 1.54) is 11.8 Å². The first kappa shape index (κ1) is 18.7. The molecule has 0 radical (unpaired) electrons. The summed E-state index contributed by atoms with van der Waals surface area (Å²) in [5.74, 6) is -0.790. The van der Waals surface area contributed by atoms with E-state index in [2.05, 4.69) is 0 Å². The molecule has 1 spiro atoms. The lowest BCUT2D eigenvalue weighted by Crippen LogP contribution is -2.50. The molecular weight excluding hydrogens is 310 g/mol. The molecule has 0 aliphatic carbocycles. The van der Waals surface area contributed by atoms with Gasteiger partial charge in [-0.1, -0.05) is 13.8 Å². The Morgan fingerprint density at radius 1 is 1.25 bits per heavy atom. The Morgan fingerprint density at radius 3 is 2.25 bits per heavy atom. The Morgan fingerprint density at radius 2 is 1.83 bits per heavy atom. The molecule has 1 unspecified atom stereocenters. The van der Waals surface area contributed by atoms with Gasteiger partial charge in [-0.2, -0.15) is 0 Å².